The summed E-state index contributed by atoms with van der Waals surface area (Å²) < 4.78 is 7.02. The molecule has 1 aliphatic heterocycles. The number of rotatable bonds is 7. The first kappa shape index (κ1) is 27.7. The van der Waals surface area contributed by atoms with Crippen LogP contribution in [0.4, 0.5) is 5.95 Å². The number of aliphatic hydroxyl groups excluding tert-OH is 1. The summed E-state index contributed by atoms with van der Waals surface area (Å²) in [5, 5.41) is 23.7. The minimum absolute atomic E-state index is 0.192. The van der Waals surface area contributed by atoms with Crippen LogP contribution in [0.15, 0.2) is 42.7 Å². The van der Waals surface area contributed by atoms with Gasteiger partial charge in [0.05, 0.1) is 50.5 Å². The highest BCUT2D eigenvalue weighted by Crippen LogP contribution is 2.30. The molecule has 0 radical (unpaired) electrons. The highest BCUT2D eigenvalue weighted by Gasteiger charge is 2.24. The molecule has 0 amide bonds. The molecular weight excluding hydrogens is 534 g/mol. The number of nitrogens with zero attached hydrogens (tertiary/aromatic N) is 6. The van der Waals surface area contributed by atoms with Gasteiger partial charge in [0.25, 0.3) is 0 Å². The molecule has 9 nitrogen and oxygen atoms in total. The summed E-state index contributed by atoms with van der Waals surface area (Å²) in [4.78, 5) is 21.4. The van der Waals surface area contributed by atoms with Crippen molar-refractivity contribution >= 4 is 27.5 Å². The third-order valence-electron chi connectivity index (χ3n) is 7.71. The largest absolute Gasteiger partial charge is 0.393 e. The van der Waals surface area contributed by atoms with E-state index in [2.05, 4.69) is 47.3 Å². The summed E-state index contributed by atoms with van der Waals surface area (Å²) in [5.41, 5.74) is 5.35. The minimum Gasteiger partial charge on any atom is -0.393 e. The van der Waals surface area contributed by atoms with Crippen molar-refractivity contribution in [2.45, 2.75) is 76.9 Å². The van der Waals surface area contributed by atoms with Gasteiger partial charge in [-0.25, -0.2) is 15.0 Å². The Morgan fingerprint density at radius 3 is 2.56 bits per heavy atom. The summed E-state index contributed by atoms with van der Waals surface area (Å²) in [6.07, 6.45) is 7.58. The third kappa shape index (κ3) is 6.88. The zero-order chi connectivity index (χ0) is 28.3. The number of pyridine rings is 1. The number of nitrogens with one attached hydrogen (secondary N) is 1. The Morgan fingerprint density at radius 2 is 1.78 bits per heavy atom. The number of hydrogen-bond donors (Lipinski definition) is 2. The standard InChI is InChI=1S/C31H35N7O2S/c1-19-16-38(17-20(2)40-19)18-26-11-25(35-31(36-26)34-24-4-6-27(39)7-5-24)12-30-37-28-8-3-22(10-29(28)41-30)23-9-21(13-32)14-33-15-23/h3,8-11,14-15,19-20,24,27,39H,4-7,12,16-18H2,1-2H3,(H,34,35,36)/t19-,20+,24?,27?. The number of morpholine rings is 1. The lowest BCUT2D eigenvalue weighted by Crippen LogP contribution is -2.45. The van der Waals surface area contributed by atoms with Crippen LogP contribution in [-0.2, 0) is 17.7 Å². The van der Waals surface area contributed by atoms with E-state index in [0.29, 0.717) is 17.9 Å². The quantitative estimate of drug-likeness (QED) is 0.319. The molecule has 4 heterocycles. The fourth-order valence-corrected chi connectivity index (χ4v) is 6.90. The average Bonchev–Trinajstić information content (AvgIpc) is 3.35. The molecule has 10 heteroatoms. The average molecular weight is 570 g/mol. The molecular formula is C31H35N7O2S. The van der Waals surface area contributed by atoms with Crippen molar-refractivity contribution in [2.75, 3.05) is 18.4 Å². The molecule has 1 saturated carbocycles. The Bertz CT molecular complexity index is 1550. The number of aliphatic hydroxyl groups is 1. The monoisotopic (exact) mass is 569 g/mol. The SMILES string of the molecule is C[C@@H]1CN(Cc2cc(Cc3nc4ccc(-c5cncc(C#N)c5)cc4s3)nc(NC3CCC(O)CC3)n2)C[C@H](C)O1. The van der Waals surface area contributed by atoms with Crippen LogP contribution in [0.1, 0.15) is 61.5 Å². The van der Waals surface area contributed by atoms with E-state index in [1.807, 2.05) is 18.2 Å². The van der Waals surface area contributed by atoms with Crippen molar-refractivity contribution in [2.24, 2.45) is 0 Å². The maximum atomic E-state index is 9.94. The second kappa shape index (κ2) is 12.2. The number of fused-ring (bicyclic) bond motifs is 1. The lowest BCUT2D eigenvalue weighted by atomic mass is 9.93. The fourth-order valence-electron chi connectivity index (χ4n) is 5.88. The van der Waals surface area contributed by atoms with E-state index in [1.165, 1.54) is 0 Å². The van der Waals surface area contributed by atoms with E-state index in [4.69, 9.17) is 19.7 Å². The van der Waals surface area contributed by atoms with Crippen molar-refractivity contribution in [3.8, 4) is 17.2 Å². The Kier molecular flexibility index (Phi) is 8.21. The number of anilines is 1. The van der Waals surface area contributed by atoms with Crippen molar-refractivity contribution in [3.05, 3.63) is 64.7 Å². The van der Waals surface area contributed by atoms with Crippen molar-refractivity contribution in [1.82, 2.24) is 24.8 Å². The Hall–Kier alpha value is -3.49. The summed E-state index contributed by atoms with van der Waals surface area (Å²) in [5.74, 6) is 0.654. The van der Waals surface area contributed by atoms with E-state index < -0.39 is 0 Å². The van der Waals surface area contributed by atoms with Crippen LogP contribution < -0.4 is 5.32 Å². The van der Waals surface area contributed by atoms with Gasteiger partial charge < -0.3 is 15.2 Å². The lowest BCUT2D eigenvalue weighted by Gasteiger charge is -2.35. The molecule has 4 aromatic rings. The van der Waals surface area contributed by atoms with Crippen LogP contribution in [-0.4, -0.2) is 67.4 Å². The predicted octanol–water partition coefficient (Wildman–Crippen LogP) is 4.94. The number of thiazole rings is 1. The summed E-state index contributed by atoms with van der Waals surface area (Å²) in [7, 11) is 0. The smallest absolute Gasteiger partial charge is 0.223 e. The van der Waals surface area contributed by atoms with Crippen molar-refractivity contribution in [1.29, 1.82) is 5.26 Å². The van der Waals surface area contributed by atoms with Gasteiger partial charge in [-0.05, 0) is 69.4 Å². The highest BCUT2D eigenvalue weighted by atomic mass is 32.1. The molecule has 0 unspecified atom stereocenters. The van der Waals surface area contributed by atoms with Crippen LogP contribution in [0.5, 0.6) is 0 Å². The second-order valence-corrected chi connectivity index (χ2v) is 12.4. The van der Waals surface area contributed by atoms with Gasteiger partial charge in [0.1, 0.15) is 6.07 Å². The van der Waals surface area contributed by atoms with Crippen LogP contribution in [0.2, 0.25) is 0 Å². The Balaban J connectivity index is 1.25. The van der Waals surface area contributed by atoms with E-state index in [0.717, 1.165) is 83.1 Å². The van der Waals surface area contributed by atoms with Gasteiger partial charge in [0, 0.05) is 50.1 Å². The van der Waals surface area contributed by atoms with Crippen LogP contribution in [0, 0.1) is 11.3 Å². The topological polar surface area (TPSA) is 120 Å². The fraction of sp³-hybridized carbons (Fsp3) is 0.452. The summed E-state index contributed by atoms with van der Waals surface area (Å²) in [6.45, 7) is 6.73. The summed E-state index contributed by atoms with van der Waals surface area (Å²) >= 11 is 1.66. The second-order valence-electron chi connectivity index (χ2n) is 11.3. The van der Waals surface area contributed by atoms with Gasteiger partial charge in [-0.15, -0.1) is 11.3 Å². The zero-order valence-corrected chi connectivity index (χ0v) is 24.3. The molecule has 1 aliphatic carbocycles. The highest BCUT2D eigenvalue weighted by molar-refractivity contribution is 7.18. The first-order valence-corrected chi connectivity index (χ1v) is 15.2. The summed E-state index contributed by atoms with van der Waals surface area (Å²) in [6, 6.07) is 12.6. The van der Waals surface area contributed by atoms with E-state index in [9.17, 15) is 10.4 Å². The van der Waals surface area contributed by atoms with Gasteiger partial charge in [-0.1, -0.05) is 6.07 Å². The molecule has 2 N–H and O–H groups in total. The van der Waals surface area contributed by atoms with Crippen molar-refractivity contribution < 1.29 is 9.84 Å². The van der Waals surface area contributed by atoms with Crippen LogP contribution >= 0.6 is 11.3 Å². The predicted molar refractivity (Wildman–Crippen MR) is 160 cm³/mol. The maximum absolute atomic E-state index is 9.94. The molecule has 2 fully saturated rings. The zero-order valence-electron chi connectivity index (χ0n) is 23.5. The van der Waals surface area contributed by atoms with E-state index in [1.54, 1.807) is 23.7 Å². The Morgan fingerprint density at radius 1 is 1.00 bits per heavy atom. The van der Waals surface area contributed by atoms with Gasteiger partial charge in [0.15, 0.2) is 0 Å². The molecule has 0 spiro atoms. The van der Waals surface area contributed by atoms with Crippen LogP contribution in [0.3, 0.4) is 0 Å². The van der Waals surface area contributed by atoms with Crippen LogP contribution in [0.25, 0.3) is 21.3 Å². The molecule has 1 aromatic carbocycles. The molecule has 2 atom stereocenters. The van der Waals surface area contributed by atoms with Gasteiger partial charge in [0.2, 0.25) is 5.95 Å². The van der Waals surface area contributed by atoms with Gasteiger partial charge in [-0.2, -0.15) is 5.26 Å². The normalized spacial score (nSPS) is 23.4. The number of ether oxygens (including phenoxy) is 1. The van der Waals surface area contributed by atoms with Gasteiger partial charge in [-0.3, -0.25) is 9.88 Å². The molecule has 3 aromatic heterocycles. The first-order valence-electron chi connectivity index (χ1n) is 14.3. The lowest BCUT2D eigenvalue weighted by molar-refractivity contribution is -0.0707. The molecule has 6 rings (SSSR count). The molecule has 212 valence electrons. The molecule has 0 bridgehead atoms. The maximum Gasteiger partial charge on any atom is 0.223 e. The third-order valence-corrected chi connectivity index (χ3v) is 8.73. The Labute approximate surface area is 244 Å². The minimum atomic E-state index is -0.202. The van der Waals surface area contributed by atoms with Crippen molar-refractivity contribution in [3.63, 3.8) is 0 Å². The van der Waals surface area contributed by atoms with Gasteiger partial charge >= 0.3 is 0 Å². The number of benzene rings is 1. The first-order chi connectivity index (χ1) is 19.9. The number of nitriles is 1. The molecule has 1 saturated heterocycles. The van der Waals surface area contributed by atoms with E-state index in [-0.39, 0.29) is 24.4 Å². The molecule has 41 heavy (non-hydrogen) atoms. The number of hydrogen-bond acceptors (Lipinski definition) is 10. The number of aromatic nitrogens is 4. The van der Waals surface area contributed by atoms with E-state index >= 15 is 0 Å². The molecule has 2 aliphatic rings.